The summed E-state index contributed by atoms with van der Waals surface area (Å²) in [6.07, 6.45) is 3.42. The van der Waals surface area contributed by atoms with Gasteiger partial charge in [0.25, 0.3) is 5.91 Å². The molecule has 1 atom stereocenters. The van der Waals surface area contributed by atoms with E-state index in [9.17, 15) is 14.7 Å². The topological polar surface area (TPSA) is 104 Å². The van der Waals surface area contributed by atoms with E-state index < -0.39 is 17.5 Å². The van der Waals surface area contributed by atoms with Gasteiger partial charge in [-0.2, -0.15) is 5.10 Å². The lowest BCUT2D eigenvalue weighted by atomic mass is 10.1. The number of carboxylic acid groups (broad SMARTS) is 1. The van der Waals surface area contributed by atoms with Crippen LogP contribution in [0, 0.1) is 0 Å². The third-order valence-electron chi connectivity index (χ3n) is 2.95. The van der Waals surface area contributed by atoms with Crippen molar-refractivity contribution in [1.29, 1.82) is 0 Å². The highest BCUT2D eigenvalue weighted by atomic mass is 16.4. The first kappa shape index (κ1) is 14.7. The Bertz CT molecular complexity index is 633. The van der Waals surface area contributed by atoms with Gasteiger partial charge >= 0.3 is 5.97 Å². The summed E-state index contributed by atoms with van der Waals surface area (Å²) in [6.45, 7) is 0.749. The number of carbonyl (C=O) groups excluding carboxylic acids is 1. The van der Waals surface area contributed by atoms with Crippen LogP contribution in [0.3, 0.4) is 0 Å². The molecule has 3 N–H and O–H groups in total. The van der Waals surface area contributed by atoms with Gasteiger partial charge in [0, 0.05) is 18.0 Å². The first-order valence-electron chi connectivity index (χ1n) is 6.24. The van der Waals surface area contributed by atoms with Crippen molar-refractivity contribution in [2.24, 2.45) is 0 Å². The molecular formula is C14H15N3O4. The molecule has 7 nitrogen and oxygen atoms in total. The van der Waals surface area contributed by atoms with E-state index in [-0.39, 0.29) is 6.54 Å². The summed E-state index contributed by atoms with van der Waals surface area (Å²) in [5.74, 6) is -1.85. The molecule has 2 aromatic rings. The maximum absolute atomic E-state index is 11.9. The largest absolute Gasteiger partial charge is 0.479 e. The Morgan fingerprint density at radius 3 is 2.52 bits per heavy atom. The minimum Gasteiger partial charge on any atom is -0.479 e. The fraction of sp³-hybridized carbons (Fsp3) is 0.214. The molecule has 0 aliphatic rings. The lowest BCUT2D eigenvalue weighted by molar-refractivity contribution is -0.155. The van der Waals surface area contributed by atoms with Gasteiger partial charge in [-0.3, -0.25) is 4.79 Å². The highest BCUT2D eigenvalue weighted by Gasteiger charge is 2.30. The predicted molar refractivity (Wildman–Crippen MR) is 74.2 cm³/mol. The normalized spacial score (nSPS) is 13.4. The molecule has 1 amide bonds. The van der Waals surface area contributed by atoms with Crippen molar-refractivity contribution in [3.8, 4) is 5.69 Å². The molecule has 0 aliphatic carbocycles. The third kappa shape index (κ3) is 3.46. The summed E-state index contributed by atoms with van der Waals surface area (Å²) < 4.78 is 1.65. The van der Waals surface area contributed by atoms with Gasteiger partial charge in [0.05, 0.1) is 12.2 Å². The molecule has 1 unspecified atom stereocenters. The maximum Gasteiger partial charge on any atom is 0.337 e. The molecule has 110 valence electrons. The van der Waals surface area contributed by atoms with Crippen LogP contribution in [0.4, 0.5) is 0 Å². The average molecular weight is 289 g/mol. The highest BCUT2D eigenvalue weighted by molar-refractivity contribution is 5.94. The zero-order valence-electron chi connectivity index (χ0n) is 11.4. The fourth-order valence-electron chi connectivity index (χ4n) is 1.62. The molecule has 1 aromatic carbocycles. The third-order valence-corrected chi connectivity index (χ3v) is 2.95. The molecule has 0 aliphatic heterocycles. The molecule has 0 fully saturated rings. The number of carboxylic acids is 1. The number of aliphatic carboxylic acids is 1. The summed E-state index contributed by atoms with van der Waals surface area (Å²) in [7, 11) is 0. The smallest absolute Gasteiger partial charge is 0.337 e. The Kier molecular flexibility index (Phi) is 4.04. The number of carbonyl (C=O) groups is 2. The minimum absolute atomic E-state index is 0.368. The first-order chi connectivity index (χ1) is 9.90. The van der Waals surface area contributed by atoms with Gasteiger partial charge in [-0.15, -0.1) is 0 Å². The molecule has 0 saturated heterocycles. The van der Waals surface area contributed by atoms with E-state index in [4.69, 9.17) is 5.11 Å². The van der Waals surface area contributed by atoms with Gasteiger partial charge in [-0.25, -0.2) is 9.48 Å². The number of benzene rings is 1. The molecule has 0 saturated carbocycles. The van der Waals surface area contributed by atoms with Crippen LogP contribution in [-0.4, -0.2) is 44.0 Å². The van der Waals surface area contributed by atoms with Crippen molar-refractivity contribution in [3.05, 3.63) is 48.3 Å². The zero-order valence-corrected chi connectivity index (χ0v) is 11.4. The van der Waals surface area contributed by atoms with Crippen LogP contribution in [0.15, 0.2) is 42.7 Å². The second-order valence-corrected chi connectivity index (χ2v) is 4.76. The lowest BCUT2D eigenvalue weighted by Gasteiger charge is -2.18. The van der Waals surface area contributed by atoms with Gasteiger partial charge < -0.3 is 15.5 Å². The van der Waals surface area contributed by atoms with Crippen molar-refractivity contribution >= 4 is 11.9 Å². The molecular weight excluding hydrogens is 274 g/mol. The van der Waals surface area contributed by atoms with Crippen molar-refractivity contribution in [3.63, 3.8) is 0 Å². The molecule has 1 heterocycles. The number of aromatic nitrogens is 2. The molecule has 7 heteroatoms. The monoisotopic (exact) mass is 289 g/mol. The van der Waals surface area contributed by atoms with Crippen LogP contribution >= 0.6 is 0 Å². The van der Waals surface area contributed by atoms with Gasteiger partial charge in [-0.05, 0) is 37.3 Å². The maximum atomic E-state index is 11.9. The SMILES string of the molecule is CC(O)(CNC(=O)c1ccc(-n2cccn2)cc1)C(=O)O. The van der Waals surface area contributed by atoms with Crippen LogP contribution in [0.2, 0.25) is 0 Å². The van der Waals surface area contributed by atoms with E-state index in [2.05, 4.69) is 10.4 Å². The fourth-order valence-corrected chi connectivity index (χ4v) is 1.62. The van der Waals surface area contributed by atoms with Gasteiger partial charge in [0.15, 0.2) is 5.60 Å². The first-order valence-corrected chi connectivity index (χ1v) is 6.24. The van der Waals surface area contributed by atoms with Crippen molar-refractivity contribution in [2.75, 3.05) is 6.54 Å². The number of nitrogens with one attached hydrogen (secondary N) is 1. The van der Waals surface area contributed by atoms with Crippen LogP contribution in [0.25, 0.3) is 5.69 Å². The minimum atomic E-state index is -2.00. The molecule has 0 bridgehead atoms. The number of aliphatic hydroxyl groups is 1. The summed E-state index contributed by atoms with van der Waals surface area (Å²) in [6, 6.07) is 8.42. The zero-order chi connectivity index (χ0) is 15.5. The van der Waals surface area contributed by atoms with E-state index in [1.165, 1.54) is 0 Å². The van der Waals surface area contributed by atoms with Gasteiger partial charge in [0.2, 0.25) is 0 Å². The van der Waals surface area contributed by atoms with Crippen LogP contribution in [0.1, 0.15) is 17.3 Å². The average Bonchev–Trinajstić information content (AvgIpc) is 2.99. The van der Waals surface area contributed by atoms with Crippen LogP contribution in [-0.2, 0) is 4.79 Å². The lowest BCUT2D eigenvalue weighted by Crippen LogP contribution is -2.46. The summed E-state index contributed by atoms with van der Waals surface area (Å²) in [5.41, 5.74) is -0.828. The van der Waals surface area contributed by atoms with E-state index in [1.807, 2.05) is 0 Å². The Labute approximate surface area is 120 Å². The molecule has 2 rings (SSSR count). The second kappa shape index (κ2) is 5.76. The quantitative estimate of drug-likeness (QED) is 0.740. The Morgan fingerprint density at radius 2 is 2.00 bits per heavy atom. The van der Waals surface area contributed by atoms with E-state index >= 15 is 0 Å². The number of amides is 1. The van der Waals surface area contributed by atoms with Crippen molar-refractivity contribution < 1.29 is 19.8 Å². The van der Waals surface area contributed by atoms with E-state index in [0.717, 1.165) is 12.6 Å². The Hall–Kier alpha value is -2.67. The highest BCUT2D eigenvalue weighted by Crippen LogP contribution is 2.09. The van der Waals surface area contributed by atoms with E-state index in [1.54, 1.807) is 47.4 Å². The predicted octanol–water partition coefficient (Wildman–Crippen LogP) is 0.438. The summed E-state index contributed by atoms with van der Waals surface area (Å²) in [5, 5.41) is 24.7. The molecule has 0 radical (unpaired) electrons. The van der Waals surface area contributed by atoms with Crippen molar-refractivity contribution in [2.45, 2.75) is 12.5 Å². The number of hydrogen-bond acceptors (Lipinski definition) is 4. The van der Waals surface area contributed by atoms with Gasteiger partial charge in [0.1, 0.15) is 0 Å². The Morgan fingerprint density at radius 1 is 1.33 bits per heavy atom. The number of hydrogen-bond donors (Lipinski definition) is 3. The summed E-state index contributed by atoms with van der Waals surface area (Å²) >= 11 is 0. The van der Waals surface area contributed by atoms with Crippen LogP contribution < -0.4 is 5.32 Å². The molecule has 21 heavy (non-hydrogen) atoms. The van der Waals surface area contributed by atoms with Crippen LogP contribution in [0.5, 0.6) is 0 Å². The molecule has 1 aromatic heterocycles. The molecule has 0 spiro atoms. The van der Waals surface area contributed by atoms with Crippen molar-refractivity contribution in [1.82, 2.24) is 15.1 Å². The Balaban J connectivity index is 2.02. The standard InChI is InChI=1S/C14H15N3O4/c1-14(21,13(19)20)9-15-12(18)10-3-5-11(6-4-10)17-8-2-7-16-17/h2-8,21H,9H2,1H3,(H,15,18)(H,19,20). The van der Waals surface area contributed by atoms with E-state index in [0.29, 0.717) is 5.56 Å². The number of nitrogens with zero attached hydrogens (tertiary/aromatic N) is 2. The number of rotatable bonds is 5. The van der Waals surface area contributed by atoms with Gasteiger partial charge in [-0.1, -0.05) is 0 Å². The summed E-state index contributed by atoms with van der Waals surface area (Å²) in [4.78, 5) is 22.6. The second-order valence-electron chi connectivity index (χ2n) is 4.76.